The lowest BCUT2D eigenvalue weighted by atomic mass is 10.1. The maximum atomic E-state index is 15.6. The minimum absolute atomic E-state index is 0.188. The number of aromatic nitrogens is 3. The van der Waals surface area contributed by atoms with Crippen LogP contribution in [0.2, 0.25) is 0 Å². The number of nitrogens with two attached hydrogens (primary N) is 1. The number of fused-ring (bicyclic) bond motifs is 1. The summed E-state index contributed by atoms with van der Waals surface area (Å²) < 4.78 is 45.2. The van der Waals surface area contributed by atoms with Crippen molar-refractivity contribution in [2.45, 2.75) is 36.9 Å². The first-order chi connectivity index (χ1) is 16.5. The zero-order valence-corrected chi connectivity index (χ0v) is 21.4. The van der Waals surface area contributed by atoms with Crippen molar-refractivity contribution in [3.05, 3.63) is 48.9 Å². The summed E-state index contributed by atoms with van der Waals surface area (Å²) >= 11 is 2.94. The van der Waals surface area contributed by atoms with Gasteiger partial charge in [0.05, 0.1) is 18.2 Å². The van der Waals surface area contributed by atoms with E-state index >= 15 is 4.39 Å². The van der Waals surface area contributed by atoms with Crippen LogP contribution in [-0.4, -0.2) is 55.0 Å². The molecule has 10 nitrogen and oxygen atoms in total. The molecule has 0 aliphatic carbocycles. The minimum Gasteiger partial charge on any atom is -0.424 e. The number of ketones is 1. The highest BCUT2D eigenvalue weighted by atomic mass is 79.9. The number of alkyl halides is 2. The number of carbonyl (C=O) groups excluding carboxylic acids is 1. The van der Waals surface area contributed by atoms with Gasteiger partial charge in [-0.3, -0.25) is 9.32 Å². The third-order valence-electron chi connectivity index (χ3n) is 5.79. The maximum Gasteiger partial charge on any atom is 0.379 e. The van der Waals surface area contributed by atoms with Crippen LogP contribution in [0.3, 0.4) is 0 Å². The lowest BCUT2D eigenvalue weighted by Crippen LogP contribution is -2.38. The van der Waals surface area contributed by atoms with Crippen LogP contribution in [0.15, 0.2) is 48.9 Å². The number of ether oxygens (including phenoxy) is 1. The lowest BCUT2D eigenvalue weighted by Gasteiger charge is -2.24. The topological polar surface area (TPSA) is 139 Å². The van der Waals surface area contributed by atoms with Crippen molar-refractivity contribution >= 4 is 46.2 Å². The first kappa shape index (κ1) is 25.7. The summed E-state index contributed by atoms with van der Waals surface area (Å²) in [7, 11) is -3.89. The molecule has 6 atom stereocenters. The predicted octanol–water partition coefficient (Wildman–Crippen LogP) is 3.85. The average molecular weight is 571 g/mol. The molecule has 3 aromatic rings. The van der Waals surface area contributed by atoms with Crippen molar-refractivity contribution in [1.82, 2.24) is 14.5 Å². The molecular formula is C22H25BrFN4O6P. The summed E-state index contributed by atoms with van der Waals surface area (Å²) in [6.07, 6.45) is -1.70. The van der Waals surface area contributed by atoms with Gasteiger partial charge in [-0.2, -0.15) is 0 Å². The van der Waals surface area contributed by atoms with Gasteiger partial charge in [-0.1, -0.05) is 25.1 Å². The number of hydrogen-bond acceptors (Lipinski definition) is 9. The zero-order chi connectivity index (χ0) is 25.4. The number of nitrogen functional groups attached to an aromatic ring is 1. The van der Waals surface area contributed by atoms with E-state index in [0.717, 1.165) is 0 Å². The van der Waals surface area contributed by atoms with Crippen LogP contribution in [0.25, 0.3) is 11.0 Å². The summed E-state index contributed by atoms with van der Waals surface area (Å²) in [4.78, 5) is 19.8. The first-order valence-corrected chi connectivity index (χ1v) is 13.3. The van der Waals surface area contributed by atoms with Gasteiger partial charge in [0.25, 0.3) is 0 Å². The highest BCUT2D eigenvalue weighted by Crippen LogP contribution is 2.52. The molecule has 0 saturated carbocycles. The Balaban J connectivity index is 1.55. The number of halogens is 2. The summed E-state index contributed by atoms with van der Waals surface area (Å²) in [6.45, 7) is 2.53. The Hall–Kier alpha value is -2.37. The molecule has 0 radical (unpaired) electrons. The fourth-order valence-corrected chi connectivity index (χ4v) is 6.30. The van der Waals surface area contributed by atoms with Gasteiger partial charge in [0.2, 0.25) is 4.58 Å². The SMILES string of the molecule is CC(=O)[C@H](C)CP(=O)(OC[C@H]1O[C@@H](n2ccc3c(N)ncnc32)[C@@](F)(Br)C1O)Oc1ccccc1. The van der Waals surface area contributed by atoms with E-state index in [1.807, 2.05) is 0 Å². The van der Waals surface area contributed by atoms with Crippen molar-refractivity contribution in [3.63, 3.8) is 0 Å². The lowest BCUT2D eigenvalue weighted by molar-refractivity contribution is -0.119. The molecule has 1 saturated heterocycles. The second-order valence-electron chi connectivity index (χ2n) is 8.37. The van der Waals surface area contributed by atoms with Gasteiger partial charge in [-0.15, -0.1) is 0 Å². The molecule has 3 heterocycles. The van der Waals surface area contributed by atoms with E-state index in [2.05, 4.69) is 25.9 Å². The highest BCUT2D eigenvalue weighted by molar-refractivity contribution is 9.10. The Morgan fingerprint density at radius 1 is 1.37 bits per heavy atom. The van der Waals surface area contributed by atoms with Crippen LogP contribution in [0.5, 0.6) is 5.75 Å². The van der Waals surface area contributed by atoms with Gasteiger partial charge in [-0.25, -0.2) is 18.9 Å². The standard InChI is InChI=1S/C22H25BrFN4O6P/c1-13(14(2)29)11-35(31,34-15-6-4-3-5-7-15)32-10-17-18(30)22(23,24)21(33-17)28-9-8-16-19(25)26-12-27-20(16)28/h3-9,12-13,17-18,21,30H,10-11H2,1-2H3,(H2,25,26,27)/t13-,17-,18?,21-,22-,35?/m1/s1. The summed E-state index contributed by atoms with van der Waals surface area (Å²) in [5, 5.41) is 11.2. The monoisotopic (exact) mass is 570 g/mol. The smallest absolute Gasteiger partial charge is 0.379 e. The molecule has 1 aliphatic rings. The molecule has 188 valence electrons. The molecule has 1 aromatic carbocycles. The fourth-order valence-electron chi connectivity index (χ4n) is 3.70. The summed E-state index contributed by atoms with van der Waals surface area (Å²) in [5.74, 6) is -0.301. The van der Waals surface area contributed by atoms with Gasteiger partial charge >= 0.3 is 7.60 Å². The van der Waals surface area contributed by atoms with Crippen LogP contribution in [0.4, 0.5) is 10.2 Å². The maximum absolute atomic E-state index is 15.6. The van der Waals surface area contributed by atoms with Crippen LogP contribution >= 0.6 is 23.5 Å². The predicted molar refractivity (Wildman–Crippen MR) is 130 cm³/mol. The number of carbonyl (C=O) groups is 1. The van der Waals surface area contributed by atoms with Crippen LogP contribution < -0.4 is 10.3 Å². The molecule has 3 N–H and O–H groups in total. The number of para-hydroxylation sites is 1. The number of anilines is 1. The molecule has 13 heteroatoms. The summed E-state index contributed by atoms with van der Waals surface area (Å²) in [5.41, 5.74) is 6.17. The number of Topliss-reactive ketones (excluding diaryl/α,β-unsaturated/α-hetero) is 1. The average Bonchev–Trinajstić information content (AvgIpc) is 3.32. The van der Waals surface area contributed by atoms with Gasteiger partial charge < -0.3 is 24.7 Å². The molecular weight excluding hydrogens is 546 g/mol. The Bertz CT molecular complexity index is 1260. The van der Waals surface area contributed by atoms with Crippen LogP contribution in [0, 0.1) is 5.92 Å². The first-order valence-electron chi connectivity index (χ1n) is 10.8. The van der Waals surface area contributed by atoms with E-state index in [4.69, 9.17) is 19.5 Å². The normalized spacial score (nSPS) is 26.9. The second kappa shape index (κ2) is 9.94. The largest absolute Gasteiger partial charge is 0.424 e. The second-order valence-corrected chi connectivity index (χ2v) is 11.6. The molecule has 4 rings (SSSR count). The summed E-state index contributed by atoms with van der Waals surface area (Å²) in [6, 6.07) is 9.96. The molecule has 1 aliphatic heterocycles. The van der Waals surface area contributed by atoms with Crippen molar-refractivity contribution in [2.24, 2.45) is 5.92 Å². The Morgan fingerprint density at radius 3 is 2.77 bits per heavy atom. The van der Waals surface area contributed by atoms with Gasteiger partial charge in [0, 0.05) is 12.1 Å². The Labute approximate surface area is 209 Å². The molecule has 35 heavy (non-hydrogen) atoms. The van der Waals surface area contributed by atoms with E-state index in [1.165, 1.54) is 24.0 Å². The van der Waals surface area contributed by atoms with Crippen LogP contribution in [-0.2, 0) is 18.6 Å². The van der Waals surface area contributed by atoms with E-state index in [0.29, 0.717) is 11.0 Å². The van der Waals surface area contributed by atoms with Gasteiger partial charge in [0.15, 0.2) is 6.23 Å². The van der Waals surface area contributed by atoms with E-state index in [1.54, 1.807) is 43.3 Å². The third-order valence-corrected chi connectivity index (χ3v) is 8.67. The quantitative estimate of drug-likeness (QED) is 0.290. The zero-order valence-electron chi connectivity index (χ0n) is 19.0. The van der Waals surface area contributed by atoms with Crippen molar-refractivity contribution in [1.29, 1.82) is 0 Å². The van der Waals surface area contributed by atoms with Gasteiger partial charge in [0.1, 0.15) is 41.5 Å². The van der Waals surface area contributed by atoms with E-state index in [-0.39, 0.29) is 23.5 Å². The number of rotatable bonds is 9. The van der Waals surface area contributed by atoms with Crippen LogP contribution in [0.1, 0.15) is 20.1 Å². The van der Waals surface area contributed by atoms with E-state index in [9.17, 15) is 14.5 Å². The van der Waals surface area contributed by atoms with Crippen molar-refractivity contribution < 1.29 is 32.6 Å². The number of benzene rings is 1. The Kier molecular flexibility index (Phi) is 7.31. The number of hydrogen-bond donors (Lipinski definition) is 2. The van der Waals surface area contributed by atoms with Crippen molar-refractivity contribution in [3.8, 4) is 5.75 Å². The number of aliphatic hydroxyl groups is 1. The highest BCUT2D eigenvalue weighted by Gasteiger charge is 2.57. The van der Waals surface area contributed by atoms with E-state index < -0.39 is 43.1 Å². The molecule has 0 bridgehead atoms. The minimum atomic E-state index is -3.89. The molecule has 0 spiro atoms. The molecule has 2 aromatic heterocycles. The fraction of sp³-hybridized carbons (Fsp3) is 0.409. The number of aliphatic hydroxyl groups excluding tert-OH is 1. The Morgan fingerprint density at radius 2 is 2.09 bits per heavy atom. The third kappa shape index (κ3) is 5.26. The number of nitrogens with zero attached hydrogens (tertiary/aromatic N) is 3. The van der Waals surface area contributed by atoms with Crippen molar-refractivity contribution in [2.75, 3.05) is 18.5 Å². The molecule has 1 fully saturated rings. The van der Waals surface area contributed by atoms with Gasteiger partial charge in [-0.05, 0) is 41.1 Å². The molecule has 2 unspecified atom stereocenters. The molecule has 0 amide bonds.